The molecule has 0 spiro atoms. The standard InChI is InChI=1S/C17H14FNO2/c1-12(11-16(20)13-5-3-2-4-6-13)19-17(21)14-7-9-15(18)10-8-14/h2-11H,1H3,(H,19,21)/b12-11-. The second-order valence-electron chi connectivity index (χ2n) is 4.52. The van der Waals surface area contributed by atoms with Crippen LogP contribution in [-0.2, 0) is 0 Å². The van der Waals surface area contributed by atoms with E-state index in [-0.39, 0.29) is 11.7 Å². The maximum atomic E-state index is 12.8. The smallest absolute Gasteiger partial charge is 0.255 e. The van der Waals surface area contributed by atoms with Crippen molar-refractivity contribution in [3.63, 3.8) is 0 Å². The predicted molar refractivity (Wildman–Crippen MR) is 78.4 cm³/mol. The van der Waals surface area contributed by atoms with Crippen molar-refractivity contribution in [1.29, 1.82) is 0 Å². The minimum Gasteiger partial charge on any atom is -0.326 e. The third-order valence-corrected chi connectivity index (χ3v) is 2.82. The number of amides is 1. The van der Waals surface area contributed by atoms with E-state index >= 15 is 0 Å². The monoisotopic (exact) mass is 283 g/mol. The Morgan fingerprint density at radius 2 is 1.57 bits per heavy atom. The maximum Gasteiger partial charge on any atom is 0.255 e. The molecule has 0 aliphatic carbocycles. The Bertz CT molecular complexity index is 676. The summed E-state index contributed by atoms with van der Waals surface area (Å²) in [7, 11) is 0. The van der Waals surface area contributed by atoms with Crippen LogP contribution in [0.15, 0.2) is 66.4 Å². The summed E-state index contributed by atoms with van der Waals surface area (Å²) in [6, 6.07) is 14.0. The van der Waals surface area contributed by atoms with Crippen LogP contribution >= 0.6 is 0 Å². The first-order valence-electron chi connectivity index (χ1n) is 6.41. The van der Waals surface area contributed by atoms with Gasteiger partial charge in [0.1, 0.15) is 5.82 Å². The van der Waals surface area contributed by atoms with Crippen molar-refractivity contribution in [2.75, 3.05) is 0 Å². The molecule has 1 amide bonds. The fraction of sp³-hybridized carbons (Fsp3) is 0.0588. The number of rotatable bonds is 4. The Morgan fingerprint density at radius 3 is 2.19 bits per heavy atom. The van der Waals surface area contributed by atoms with E-state index in [0.29, 0.717) is 16.8 Å². The maximum absolute atomic E-state index is 12.8. The third kappa shape index (κ3) is 4.11. The van der Waals surface area contributed by atoms with Gasteiger partial charge in [0.2, 0.25) is 0 Å². The van der Waals surface area contributed by atoms with Gasteiger partial charge in [-0.05, 0) is 31.2 Å². The van der Waals surface area contributed by atoms with E-state index in [1.807, 2.05) is 6.07 Å². The van der Waals surface area contributed by atoms with E-state index in [2.05, 4.69) is 5.32 Å². The summed E-state index contributed by atoms with van der Waals surface area (Å²) in [6.45, 7) is 1.63. The van der Waals surface area contributed by atoms with Gasteiger partial charge >= 0.3 is 0 Å². The van der Waals surface area contributed by atoms with Crippen molar-refractivity contribution in [1.82, 2.24) is 5.32 Å². The van der Waals surface area contributed by atoms with Gasteiger partial charge in [-0.25, -0.2) is 4.39 Å². The lowest BCUT2D eigenvalue weighted by Crippen LogP contribution is -2.22. The summed E-state index contributed by atoms with van der Waals surface area (Å²) in [4.78, 5) is 23.8. The molecule has 4 heteroatoms. The summed E-state index contributed by atoms with van der Waals surface area (Å²) in [5.74, 6) is -0.977. The zero-order valence-electron chi connectivity index (χ0n) is 11.5. The first kappa shape index (κ1) is 14.7. The Morgan fingerprint density at radius 1 is 0.952 bits per heavy atom. The largest absolute Gasteiger partial charge is 0.326 e. The molecule has 2 aromatic carbocycles. The number of hydrogen-bond acceptors (Lipinski definition) is 2. The predicted octanol–water partition coefficient (Wildman–Crippen LogP) is 3.34. The van der Waals surface area contributed by atoms with Gasteiger partial charge in [0.15, 0.2) is 5.78 Å². The summed E-state index contributed by atoms with van der Waals surface area (Å²) >= 11 is 0. The second-order valence-corrected chi connectivity index (χ2v) is 4.52. The fourth-order valence-corrected chi connectivity index (χ4v) is 1.77. The number of nitrogens with one attached hydrogen (secondary N) is 1. The van der Waals surface area contributed by atoms with Gasteiger partial charge < -0.3 is 5.32 Å². The molecule has 0 aliphatic heterocycles. The van der Waals surface area contributed by atoms with Crippen molar-refractivity contribution >= 4 is 11.7 Å². The van der Waals surface area contributed by atoms with Crippen molar-refractivity contribution in [2.24, 2.45) is 0 Å². The molecule has 0 aliphatic rings. The molecule has 0 heterocycles. The van der Waals surface area contributed by atoms with E-state index in [9.17, 15) is 14.0 Å². The minimum absolute atomic E-state index is 0.187. The lowest BCUT2D eigenvalue weighted by Gasteiger charge is -2.05. The quantitative estimate of drug-likeness (QED) is 0.691. The van der Waals surface area contributed by atoms with Crippen LogP contribution in [0.3, 0.4) is 0 Å². The first-order chi connectivity index (χ1) is 10.1. The normalized spacial score (nSPS) is 11.0. The van der Waals surface area contributed by atoms with Crippen LogP contribution in [0.5, 0.6) is 0 Å². The van der Waals surface area contributed by atoms with Crippen LogP contribution in [-0.4, -0.2) is 11.7 Å². The molecule has 0 saturated carbocycles. The van der Waals surface area contributed by atoms with Crippen LogP contribution in [0.2, 0.25) is 0 Å². The molecule has 0 aromatic heterocycles. The molecule has 1 N–H and O–H groups in total. The van der Waals surface area contributed by atoms with E-state index < -0.39 is 5.82 Å². The Kier molecular flexibility index (Phi) is 4.61. The molecule has 0 fully saturated rings. The van der Waals surface area contributed by atoms with E-state index in [1.165, 1.54) is 30.3 Å². The lowest BCUT2D eigenvalue weighted by atomic mass is 10.1. The molecule has 0 bridgehead atoms. The highest BCUT2D eigenvalue weighted by Crippen LogP contribution is 2.05. The van der Waals surface area contributed by atoms with Crippen LogP contribution in [0.4, 0.5) is 4.39 Å². The van der Waals surface area contributed by atoms with Crippen molar-refractivity contribution in [3.8, 4) is 0 Å². The first-order valence-corrected chi connectivity index (χ1v) is 6.41. The number of allylic oxidation sites excluding steroid dienone is 2. The van der Waals surface area contributed by atoms with Crippen molar-refractivity contribution in [3.05, 3.63) is 83.3 Å². The average Bonchev–Trinajstić information content (AvgIpc) is 2.48. The Hall–Kier alpha value is -2.75. The molecule has 0 atom stereocenters. The molecule has 0 radical (unpaired) electrons. The van der Waals surface area contributed by atoms with Gasteiger partial charge in [-0.15, -0.1) is 0 Å². The zero-order valence-corrected chi connectivity index (χ0v) is 11.5. The van der Waals surface area contributed by atoms with E-state index in [1.54, 1.807) is 31.2 Å². The third-order valence-electron chi connectivity index (χ3n) is 2.82. The van der Waals surface area contributed by atoms with Crippen molar-refractivity contribution < 1.29 is 14.0 Å². The SMILES string of the molecule is C/C(=C/C(=O)c1ccccc1)NC(=O)c1ccc(F)cc1. The van der Waals surface area contributed by atoms with Gasteiger partial charge in [-0.1, -0.05) is 30.3 Å². The highest BCUT2D eigenvalue weighted by atomic mass is 19.1. The number of hydrogen-bond donors (Lipinski definition) is 1. The van der Waals surface area contributed by atoms with Crippen molar-refractivity contribution in [2.45, 2.75) is 6.92 Å². The van der Waals surface area contributed by atoms with Crippen LogP contribution in [0.1, 0.15) is 27.6 Å². The van der Waals surface area contributed by atoms with Gasteiger partial charge in [0.25, 0.3) is 5.91 Å². The van der Waals surface area contributed by atoms with Gasteiger partial charge in [0, 0.05) is 22.9 Å². The summed E-state index contributed by atoms with van der Waals surface area (Å²) in [6.07, 6.45) is 1.36. The summed E-state index contributed by atoms with van der Waals surface area (Å²) < 4.78 is 12.8. The molecule has 2 rings (SSSR count). The molecule has 106 valence electrons. The molecule has 0 unspecified atom stereocenters. The van der Waals surface area contributed by atoms with Crippen LogP contribution in [0.25, 0.3) is 0 Å². The molecule has 2 aromatic rings. The van der Waals surface area contributed by atoms with E-state index in [4.69, 9.17) is 0 Å². The molecular formula is C17H14FNO2. The molecule has 3 nitrogen and oxygen atoms in total. The fourth-order valence-electron chi connectivity index (χ4n) is 1.77. The molecular weight excluding hydrogens is 269 g/mol. The van der Waals surface area contributed by atoms with E-state index in [0.717, 1.165) is 0 Å². The number of halogens is 1. The van der Waals surface area contributed by atoms with Crippen LogP contribution < -0.4 is 5.32 Å². The van der Waals surface area contributed by atoms with Gasteiger partial charge in [0.05, 0.1) is 0 Å². The highest BCUT2D eigenvalue weighted by Gasteiger charge is 2.07. The Labute approximate surface area is 122 Å². The van der Waals surface area contributed by atoms with Gasteiger partial charge in [-0.3, -0.25) is 9.59 Å². The highest BCUT2D eigenvalue weighted by molar-refractivity contribution is 6.05. The number of ketones is 1. The van der Waals surface area contributed by atoms with Crippen LogP contribution in [0, 0.1) is 5.82 Å². The summed E-state index contributed by atoms with van der Waals surface area (Å²) in [5.41, 5.74) is 1.31. The summed E-state index contributed by atoms with van der Waals surface area (Å²) in [5, 5.41) is 2.60. The molecule has 0 saturated heterocycles. The Balaban J connectivity index is 2.05. The number of carbonyl (C=O) groups excluding carboxylic acids is 2. The van der Waals surface area contributed by atoms with Gasteiger partial charge in [-0.2, -0.15) is 0 Å². The lowest BCUT2D eigenvalue weighted by molar-refractivity contribution is 0.0966. The number of benzene rings is 2. The zero-order chi connectivity index (χ0) is 15.2. The average molecular weight is 283 g/mol. The second kappa shape index (κ2) is 6.61. The number of carbonyl (C=O) groups is 2. The minimum atomic E-state index is -0.405. The topological polar surface area (TPSA) is 46.2 Å². The molecule has 21 heavy (non-hydrogen) atoms.